The van der Waals surface area contributed by atoms with Crippen LogP contribution in [0, 0.1) is 0 Å². The van der Waals surface area contributed by atoms with E-state index in [2.05, 4.69) is 5.32 Å². The molecule has 1 heterocycles. The molecule has 1 fully saturated rings. The van der Waals surface area contributed by atoms with Crippen LogP contribution in [0.1, 0.15) is 17.5 Å². The number of nitrogens with two attached hydrogens (primary N) is 1. The molecule has 0 aliphatic carbocycles. The van der Waals surface area contributed by atoms with Gasteiger partial charge in [-0.05, 0) is 11.1 Å². The van der Waals surface area contributed by atoms with Crippen molar-refractivity contribution in [1.82, 2.24) is 5.32 Å². The van der Waals surface area contributed by atoms with E-state index in [4.69, 9.17) is 10.5 Å². The van der Waals surface area contributed by atoms with Crippen molar-refractivity contribution in [3.63, 3.8) is 0 Å². The lowest BCUT2D eigenvalue weighted by Gasteiger charge is -2.35. The van der Waals surface area contributed by atoms with Crippen LogP contribution in [0.4, 0.5) is 4.79 Å². The number of primary amides is 1. The first-order valence-corrected chi connectivity index (χ1v) is 7.63. The topological polar surface area (TPSA) is 84.6 Å². The second-order valence-corrected chi connectivity index (χ2v) is 5.75. The average molecular weight is 312 g/mol. The molecule has 4 N–H and O–H groups in total. The van der Waals surface area contributed by atoms with Gasteiger partial charge in [-0.3, -0.25) is 0 Å². The maximum Gasteiger partial charge on any atom is 0.404 e. The molecule has 1 aliphatic rings. The molecule has 120 valence electrons. The molecule has 0 saturated carbocycles. The fourth-order valence-electron chi connectivity index (χ4n) is 3.23. The number of nitrogens with one attached hydrogen (secondary N) is 1. The van der Waals surface area contributed by atoms with Crippen LogP contribution >= 0.6 is 0 Å². The van der Waals surface area contributed by atoms with Gasteiger partial charge < -0.3 is 20.9 Å². The summed E-state index contributed by atoms with van der Waals surface area (Å²) in [4.78, 5) is 11.0. The highest BCUT2D eigenvalue weighted by atomic mass is 16.6. The Morgan fingerprint density at radius 2 is 1.61 bits per heavy atom. The summed E-state index contributed by atoms with van der Waals surface area (Å²) in [5.41, 5.74) is 5.48. The van der Waals surface area contributed by atoms with Crippen LogP contribution in [0.2, 0.25) is 0 Å². The van der Waals surface area contributed by atoms with E-state index >= 15 is 0 Å². The number of aliphatic hydroxyl groups is 1. The van der Waals surface area contributed by atoms with Gasteiger partial charge in [-0.2, -0.15) is 0 Å². The maximum atomic E-state index is 11.6. The summed E-state index contributed by atoms with van der Waals surface area (Å²) in [6.45, 7) is 0.468. The third-order valence-electron chi connectivity index (χ3n) is 4.31. The van der Waals surface area contributed by atoms with Gasteiger partial charge in [-0.25, -0.2) is 4.79 Å². The molecule has 23 heavy (non-hydrogen) atoms. The maximum absolute atomic E-state index is 11.6. The highest BCUT2D eigenvalue weighted by Crippen LogP contribution is 2.36. The molecular formula is C18H20N2O3. The van der Waals surface area contributed by atoms with E-state index in [9.17, 15) is 9.90 Å². The molecule has 0 aromatic heterocycles. The van der Waals surface area contributed by atoms with Gasteiger partial charge in [0.05, 0.1) is 0 Å². The largest absolute Gasteiger partial charge is 0.445 e. The Morgan fingerprint density at radius 1 is 1.09 bits per heavy atom. The number of benzene rings is 2. The lowest BCUT2D eigenvalue weighted by Crippen LogP contribution is -2.46. The molecule has 5 heteroatoms. The van der Waals surface area contributed by atoms with Gasteiger partial charge in [0.15, 0.2) is 0 Å². The standard InChI is InChI=1S/C18H20N2O3/c19-17(21)23-15-11-16(20-12-15)18(22,13-7-3-1-4-8-13)14-9-5-2-6-10-14/h1-10,15-16,20,22H,11-12H2,(H2,19,21)/t15-,16-/m0/s1. The molecule has 0 radical (unpaired) electrons. The number of carbonyl (C=O) groups is 1. The smallest absolute Gasteiger partial charge is 0.404 e. The monoisotopic (exact) mass is 312 g/mol. The molecule has 1 saturated heterocycles. The molecular weight excluding hydrogens is 292 g/mol. The molecule has 0 bridgehead atoms. The molecule has 2 atom stereocenters. The van der Waals surface area contributed by atoms with Gasteiger partial charge in [-0.1, -0.05) is 60.7 Å². The molecule has 0 unspecified atom stereocenters. The minimum Gasteiger partial charge on any atom is -0.445 e. The van der Waals surface area contributed by atoms with Crippen molar-refractivity contribution in [3.05, 3.63) is 71.8 Å². The summed E-state index contributed by atoms with van der Waals surface area (Å²) < 4.78 is 5.07. The summed E-state index contributed by atoms with van der Waals surface area (Å²) in [7, 11) is 0. The first kappa shape index (κ1) is 15.5. The average Bonchev–Trinajstić information content (AvgIpc) is 3.04. The zero-order chi connectivity index (χ0) is 16.3. The van der Waals surface area contributed by atoms with Crippen LogP contribution in [-0.2, 0) is 10.3 Å². The quantitative estimate of drug-likeness (QED) is 0.803. The predicted molar refractivity (Wildman–Crippen MR) is 86.7 cm³/mol. The summed E-state index contributed by atoms with van der Waals surface area (Å²) >= 11 is 0. The Kier molecular flexibility index (Phi) is 4.32. The molecule has 5 nitrogen and oxygen atoms in total. The Balaban J connectivity index is 1.96. The third-order valence-corrected chi connectivity index (χ3v) is 4.31. The van der Waals surface area contributed by atoms with E-state index in [-0.39, 0.29) is 12.1 Å². The van der Waals surface area contributed by atoms with E-state index in [0.29, 0.717) is 13.0 Å². The van der Waals surface area contributed by atoms with E-state index in [0.717, 1.165) is 11.1 Å². The molecule has 1 amide bonds. The van der Waals surface area contributed by atoms with E-state index in [1.54, 1.807) is 0 Å². The van der Waals surface area contributed by atoms with Gasteiger partial charge in [0.2, 0.25) is 0 Å². The van der Waals surface area contributed by atoms with Crippen molar-refractivity contribution in [2.45, 2.75) is 24.2 Å². The zero-order valence-electron chi connectivity index (χ0n) is 12.7. The van der Waals surface area contributed by atoms with Crippen LogP contribution in [-0.4, -0.2) is 29.9 Å². The van der Waals surface area contributed by atoms with E-state index in [1.807, 2.05) is 60.7 Å². The predicted octanol–water partition coefficient (Wildman–Crippen LogP) is 1.75. The molecule has 1 aliphatic heterocycles. The summed E-state index contributed by atoms with van der Waals surface area (Å²) in [6.07, 6.45) is -0.639. The molecule has 2 aromatic rings. The lowest BCUT2D eigenvalue weighted by atomic mass is 9.79. The van der Waals surface area contributed by atoms with Gasteiger partial charge in [0, 0.05) is 19.0 Å². The summed E-state index contributed by atoms with van der Waals surface area (Å²) in [5.74, 6) is 0. The fraction of sp³-hybridized carbons (Fsp3) is 0.278. The summed E-state index contributed by atoms with van der Waals surface area (Å²) in [6, 6.07) is 18.7. The van der Waals surface area contributed by atoms with Crippen LogP contribution in [0.3, 0.4) is 0 Å². The van der Waals surface area contributed by atoms with Crippen molar-refractivity contribution < 1.29 is 14.6 Å². The van der Waals surface area contributed by atoms with Crippen molar-refractivity contribution in [3.8, 4) is 0 Å². The molecule has 0 spiro atoms. The Morgan fingerprint density at radius 3 is 2.09 bits per heavy atom. The highest BCUT2D eigenvalue weighted by molar-refractivity contribution is 5.64. The van der Waals surface area contributed by atoms with Crippen LogP contribution < -0.4 is 11.1 Å². The van der Waals surface area contributed by atoms with Crippen molar-refractivity contribution in [2.24, 2.45) is 5.73 Å². The minimum absolute atomic E-state index is 0.281. The normalized spacial score (nSPS) is 21.1. The van der Waals surface area contributed by atoms with E-state index < -0.39 is 11.7 Å². The van der Waals surface area contributed by atoms with Crippen LogP contribution in [0.5, 0.6) is 0 Å². The second-order valence-electron chi connectivity index (χ2n) is 5.75. The first-order valence-electron chi connectivity index (χ1n) is 7.63. The zero-order valence-corrected chi connectivity index (χ0v) is 12.7. The number of hydrogen-bond donors (Lipinski definition) is 3. The van der Waals surface area contributed by atoms with Gasteiger partial charge >= 0.3 is 6.09 Å². The van der Waals surface area contributed by atoms with Crippen molar-refractivity contribution in [2.75, 3.05) is 6.54 Å². The third kappa shape index (κ3) is 3.06. The molecule has 3 rings (SSSR count). The second kappa shape index (κ2) is 6.40. The Labute approximate surface area is 135 Å². The van der Waals surface area contributed by atoms with Crippen molar-refractivity contribution >= 4 is 6.09 Å². The number of carbonyl (C=O) groups excluding carboxylic acids is 1. The highest BCUT2D eigenvalue weighted by Gasteiger charge is 2.44. The number of amides is 1. The molecule has 2 aromatic carbocycles. The Bertz CT molecular complexity index is 621. The van der Waals surface area contributed by atoms with Crippen molar-refractivity contribution in [1.29, 1.82) is 0 Å². The SMILES string of the molecule is NC(=O)O[C@@H]1CN[C@H](C(O)(c2ccccc2)c2ccccc2)C1. The van der Waals surface area contributed by atoms with Crippen LogP contribution in [0.15, 0.2) is 60.7 Å². The van der Waals surface area contributed by atoms with Gasteiger partial charge in [0.25, 0.3) is 0 Å². The number of rotatable bonds is 4. The lowest BCUT2D eigenvalue weighted by molar-refractivity contribution is 0.0378. The number of ether oxygens (including phenoxy) is 1. The summed E-state index contributed by atoms with van der Waals surface area (Å²) in [5, 5.41) is 14.8. The minimum atomic E-state index is -1.21. The van der Waals surface area contributed by atoms with Gasteiger partial charge in [0.1, 0.15) is 11.7 Å². The van der Waals surface area contributed by atoms with E-state index in [1.165, 1.54) is 0 Å². The first-order chi connectivity index (χ1) is 11.1. The van der Waals surface area contributed by atoms with Gasteiger partial charge in [-0.15, -0.1) is 0 Å². The Hall–Kier alpha value is -2.37. The fourth-order valence-corrected chi connectivity index (χ4v) is 3.23. The van der Waals surface area contributed by atoms with Crippen LogP contribution in [0.25, 0.3) is 0 Å². The number of hydrogen-bond acceptors (Lipinski definition) is 4.